The van der Waals surface area contributed by atoms with Crippen LogP contribution in [-0.4, -0.2) is 40.3 Å². The Hall–Kier alpha value is -1.47. The molecule has 0 aliphatic heterocycles. The Balaban J connectivity index is 2.38. The minimum atomic E-state index is -0.240. The lowest BCUT2D eigenvalue weighted by atomic mass is 10.0. The van der Waals surface area contributed by atoms with Crippen molar-refractivity contribution in [1.82, 2.24) is 25.1 Å². The number of rotatable bonds is 6. The lowest BCUT2D eigenvalue weighted by Gasteiger charge is -2.21. The molecule has 2 aromatic heterocycles. The van der Waals surface area contributed by atoms with Crippen LogP contribution in [0.3, 0.4) is 0 Å². The lowest BCUT2D eigenvalue weighted by Crippen LogP contribution is -2.32. The molecular formula is C14H21ClN6. The number of hydrogen-bond donors (Lipinski definition) is 2. The highest BCUT2D eigenvalue weighted by Crippen LogP contribution is 2.29. The topological polar surface area (TPSA) is 72.0 Å². The minimum absolute atomic E-state index is 0.240. The van der Waals surface area contributed by atoms with Gasteiger partial charge in [-0.2, -0.15) is 5.10 Å². The Kier molecular flexibility index (Phi) is 5.30. The van der Waals surface area contributed by atoms with E-state index in [9.17, 15) is 0 Å². The van der Waals surface area contributed by atoms with Gasteiger partial charge in [0.05, 0.1) is 29.5 Å². The zero-order valence-electron chi connectivity index (χ0n) is 12.5. The van der Waals surface area contributed by atoms with Crippen LogP contribution in [0.2, 0.25) is 5.02 Å². The fraction of sp³-hybridized carbons (Fsp3) is 0.429. The van der Waals surface area contributed by atoms with Crippen LogP contribution in [0.1, 0.15) is 22.9 Å². The maximum absolute atomic E-state index is 6.32. The van der Waals surface area contributed by atoms with Crippen molar-refractivity contribution in [3.05, 3.63) is 46.5 Å². The monoisotopic (exact) mass is 308 g/mol. The number of hydrogen-bond acceptors (Lipinski definition) is 5. The van der Waals surface area contributed by atoms with Crippen molar-refractivity contribution in [2.24, 2.45) is 5.84 Å². The number of pyridine rings is 1. The molecule has 0 spiro atoms. The summed E-state index contributed by atoms with van der Waals surface area (Å²) in [5.74, 6) is 5.77. The van der Waals surface area contributed by atoms with E-state index in [-0.39, 0.29) is 6.04 Å². The van der Waals surface area contributed by atoms with Crippen molar-refractivity contribution in [2.75, 3.05) is 20.6 Å². The smallest absolute Gasteiger partial charge is 0.0910 e. The number of nitrogens with two attached hydrogens (primary N) is 1. The van der Waals surface area contributed by atoms with Crippen molar-refractivity contribution in [1.29, 1.82) is 0 Å². The summed E-state index contributed by atoms with van der Waals surface area (Å²) in [6.07, 6.45) is 5.22. The molecule has 0 bridgehead atoms. The Morgan fingerprint density at radius 1 is 1.43 bits per heavy atom. The number of nitrogens with one attached hydrogen (secondary N) is 1. The van der Waals surface area contributed by atoms with Crippen molar-refractivity contribution in [3.8, 4) is 0 Å². The maximum atomic E-state index is 6.32. The highest BCUT2D eigenvalue weighted by molar-refractivity contribution is 6.31. The van der Waals surface area contributed by atoms with Gasteiger partial charge in [-0.1, -0.05) is 11.6 Å². The van der Waals surface area contributed by atoms with Crippen molar-refractivity contribution in [3.63, 3.8) is 0 Å². The Morgan fingerprint density at radius 3 is 2.81 bits per heavy atom. The number of nitrogens with zero attached hydrogens (tertiary/aromatic N) is 4. The first-order valence-electron chi connectivity index (χ1n) is 6.77. The first-order chi connectivity index (χ1) is 10.0. The van der Waals surface area contributed by atoms with Gasteiger partial charge in [0.2, 0.25) is 0 Å². The zero-order chi connectivity index (χ0) is 15.4. The van der Waals surface area contributed by atoms with E-state index < -0.39 is 0 Å². The van der Waals surface area contributed by atoms with Gasteiger partial charge in [-0.25, -0.2) is 5.43 Å². The molecule has 0 radical (unpaired) electrons. The molecule has 3 N–H and O–H groups in total. The van der Waals surface area contributed by atoms with Crippen LogP contribution in [0.25, 0.3) is 0 Å². The maximum Gasteiger partial charge on any atom is 0.0910 e. The highest BCUT2D eigenvalue weighted by atomic mass is 35.5. The standard InChI is InChI=1S/C14H21ClN6/c1-10-4-5-17-8-11(10)13(19-16)14-12(15)9-18-21(14)7-6-20(2)3/h4-5,8-9,13,19H,6-7,16H2,1-3H3. The largest absolute Gasteiger partial charge is 0.308 e. The molecule has 0 aliphatic rings. The van der Waals surface area contributed by atoms with Crippen LogP contribution in [0.5, 0.6) is 0 Å². The first kappa shape index (κ1) is 15.9. The third-order valence-electron chi connectivity index (χ3n) is 3.42. The van der Waals surface area contributed by atoms with E-state index >= 15 is 0 Å². The molecule has 2 rings (SSSR count). The molecule has 114 valence electrons. The van der Waals surface area contributed by atoms with Gasteiger partial charge in [-0.15, -0.1) is 0 Å². The minimum Gasteiger partial charge on any atom is -0.308 e. The van der Waals surface area contributed by atoms with E-state index in [0.717, 1.165) is 29.9 Å². The molecule has 2 aromatic rings. The normalized spacial score (nSPS) is 12.9. The average molecular weight is 309 g/mol. The summed E-state index contributed by atoms with van der Waals surface area (Å²) in [6.45, 7) is 3.64. The second-order valence-electron chi connectivity index (χ2n) is 5.24. The van der Waals surface area contributed by atoms with E-state index in [1.807, 2.05) is 31.8 Å². The summed E-state index contributed by atoms with van der Waals surface area (Å²) in [4.78, 5) is 6.28. The van der Waals surface area contributed by atoms with Gasteiger partial charge < -0.3 is 4.90 Å². The van der Waals surface area contributed by atoms with Gasteiger partial charge in [0, 0.05) is 18.9 Å². The molecule has 1 atom stereocenters. The van der Waals surface area contributed by atoms with Gasteiger partial charge >= 0.3 is 0 Å². The van der Waals surface area contributed by atoms with Gasteiger partial charge in [0.15, 0.2) is 0 Å². The fourth-order valence-corrected chi connectivity index (χ4v) is 2.48. The van der Waals surface area contributed by atoms with E-state index in [1.54, 1.807) is 18.6 Å². The molecule has 0 amide bonds. The summed E-state index contributed by atoms with van der Waals surface area (Å²) >= 11 is 6.32. The van der Waals surface area contributed by atoms with Gasteiger partial charge in [0.1, 0.15) is 0 Å². The van der Waals surface area contributed by atoms with Crippen LogP contribution in [-0.2, 0) is 6.54 Å². The average Bonchev–Trinajstić information content (AvgIpc) is 2.81. The van der Waals surface area contributed by atoms with Gasteiger partial charge in [0.25, 0.3) is 0 Å². The summed E-state index contributed by atoms with van der Waals surface area (Å²) in [5.41, 5.74) is 5.79. The fourth-order valence-electron chi connectivity index (χ4n) is 2.23. The highest BCUT2D eigenvalue weighted by Gasteiger charge is 2.22. The Labute approximate surface area is 129 Å². The summed E-state index contributed by atoms with van der Waals surface area (Å²) in [7, 11) is 4.05. The van der Waals surface area contributed by atoms with E-state index in [2.05, 4.69) is 20.4 Å². The second-order valence-corrected chi connectivity index (χ2v) is 5.64. The summed E-state index contributed by atoms with van der Waals surface area (Å²) < 4.78 is 1.89. The molecule has 7 heteroatoms. The first-order valence-corrected chi connectivity index (χ1v) is 7.15. The molecule has 2 heterocycles. The molecule has 1 unspecified atom stereocenters. The number of aromatic nitrogens is 3. The SMILES string of the molecule is Cc1ccncc1C(NN)c1c(Cl)cnn1CCN(C)C. The molecular weight excluding hydrogens is 288 g/mol. The Bertz CT molecular complexity index is 595. The van der Waals surface area contributed by atoms with E-state index in [0.29, 0.717) is 5.02 Å². The van der Waals surface area contributed by atoms with E-state index in [1.165, 1.54) is 0 Å². The number of likely N-dealkylation sites (N-methyl/N-ethyl adjacent to an activating group) is 1. The molecule has 21 heavy (non-hydrogen) atoms. The second kappa shape index (κ2) is 7.00. The van der Waals surface area contributed by atoms with Crippen LogP contribution < -0.4 is 11.3 Å². The number of halogens is 1. The molecule has 0 saturated heterocycles. The Morgan fingerprint density at radius 2 is 2.19 bits per heavy atom. The third kappa shape index (κ3) is 3.59. The van der Waals surface area contributed by atoms with Crippen LogP contribution in [0.4, 0.5) is 0 Å². The molecule has 0 fully saturated rings. The third-order valence-corrected chi connectivity index (χ3v) is 3.71. The number of hydrazine groups is 1. The molecule has 0 aliphatic carbocycles. The summed E-state index contributed by atoms with van der Waals surface area (Å²) in [5, 5.41) is 4.95. The van der Waals surface area contributed by atoms with Crippen LogP contribution in [0.15, 0.2) is 24.7 Å². The van der Waals surface area contributed by atoms with Crippen molar-refractivity contribution < 1.29 is 0 Å². The summed E-state index contributed by atoms with van der Waals surface area (Å²) in [6, 6.07) is 1.71. The van der Waals surface area contributed by atoms with Gasteiger partial charge in [-0.05, 0) is 38.2 Å². The lowest BCUT2D eigenvalue weighted by molar-refractivity contribution is 0.365. The predicted octanol–water partition coefficient (Wildman–Crippen LogP) is 1.35. The van der Waals surface area contributed by atoms with Crippen LogP contribution >= 0.6 is 11.6 Å². The van der Waals surface area contributed by atoms with Crippen molar-refractivity contribution >= 4 is 11.6 Å². The molecule has 0 saturated carbocycles. The predicted molar refractivity (Wildman–Crippen MR) is 83.9 cm³/mol. The van der Waals surface area contributed by atoms with Crippen molar-refractivity contribution in [2.45, 2.75) is 19.5 Å². The van der Waals surface area contributed by atoms with Crippen LogP contribution in [0, 0.1) is 6.92 Å². The van der Waals surface area contributed by atoms with E-state index in [4.69, 9.17) is 17.4 Å². The van der Waals surface area contributed by atoms with Gasteiger partial charge in [-0.3, -0.25) is 15.5 Å². The number of aryl methyl sites for hydroxylation is 1. The quantitative estimate of drug-likeness (QED) is 0.623. The zero-order valence-corrected chi connectivity index (χ0v) is 13.3. The molecule has 0 aromatic carbocycles. The molecule has 6 nitrogen and oxygen atoms in total.